The Kier molecular flexibility index (Phi) is 2.38. The molecule has 1 heterocycles. The number of nitrogens with zero attached hydrogens (tertiary/aromatic N) is 1. The van der Waals surface area contributed by atoms with E-state index < -0.39 is 0 Å². The third-order valence-electron chi connectivity index (χ3n) is 3.91. The van der Waals surface area contributed by atoms with Crippen molar-refractivity contribution in [1.82, 2.24) is 4.90 Å². The van der Waals surface area contributed by atoms with Gasteiger partial charge in [-0.3, -0.25) is 4.79 Å². The number of carbonyl (C=O) groups is 1. The third-order valence-corrected chi connectivity index (χ3v) is 3.91. The summed E-state index contributed by atoms with van der Waals surface area (Å²) in [5.41, 5.74) is 0. The van der Waals surface area contributed by atoms with Crippen molar-refractivity contribution in [2.24, 2.45) is 17.8 Å². The minimum Gasteiger partial charge on any atom is -0.336 e. The van der Waals surface area contributed by atoms with Crippen molar-refractivity contribution in [2.75, 3.05) is 6.54 Å². The second kappa shape index (κ2) is 3.41. The van der Waals surface area contributed by atoms with E-state index >= 15 is 0 Å². The lowest BCUT2D eigenvalue weighted by Crippen LogP contribution is -2.40. The van der Waals surface area contributed by atoms with E-state index in [2.05, 4.69) is 20.4 Å². The molecule has 1 saturated heterocycles. The predicted molar refractivity (Wildman–Crippen MR) is 56.8 cm³/mol. The standard InChI is InChI=1S/C12H19NO/c1-4-12(14)13-7-9-5-10(13)6-11(9)8(2)3/h4,8-11H,1,5-7H2,2-3H3. The molecule has 14 heavy (non-hydrogen) atoms. The zero-order chi connectivity index (χ0) is 10.3. The fraction of sp³-hybridized carbons (Fsp3) is 0.750. The van der Waals surface area contributed by atoms with Crippen LogP contribution in [0.1, 0.15) is 26.7 Å². The first-order chi connectivity index (χ1) is 6.63. The van der Waals surface area contributed by atoms with E-state index in [1.54, 1.807) is 0 Å². The van der Waals surface area contributed by atoms with Gasteiger partial charge in [-0.05, 0) is 36.7 Å². The van der Waals surface area contributed by atoms with Crippen LogP contribution in [0.25, 0.3) is 0 Å². The quantitative estimate of drug-likeness (QED) is 0.615. The lowest BCUT2D eigenvalue weighted by Gasteiger charge is -2.32. The van der Waals surface area contributed by atoms with Gasteiger partial charge in [0.2, 0.25) is 5.91 Å². The fourth-order valence-electron chi connectivity index (χ4n) is 3.20. The van der Waals surface area contributed by atoms with Crippen molar-refractivity contribution in [3.8, 4) is 0 Å². The molecule has 2 fully saturated rings. The molecule has 0 spiro atoms. The molecular weight excluding hydrogens is 174 g/mol. The molecule has 2 aliphatic rings. The molecule has 78 valence electrons. The van der Waals surface area contributed by atoms with Gasteiger partial charge in [0.1, 0.15) is 0 Å². The first-order valence-corrected chi connectivity index (χ1v) is 5.56. The Hall–Kier alpha value is -0.790. The van der Waals surface area contributed by atoms with Crippen molar-refractivity contribution < 1.29 is 4.79 Å². The summed E-state index contributed by atoms with van der Waals surface area (Å²) in [7, 11) is 0. The molecule has 2 bridgehead atoms. The molecule has 1 amide bonds. The van der Waals surface area contributed by atoms with Crippen molar-refractivity contribution in [1.29, 1.82) is 0 Å². The maximum absolute atomic E-state index is 11.5. The zero-order valence-corrected chi connectivity index (χ0v) is 9.07. The molecule has 0 aromatic carbocycles. The number of carbonyl (C=O) groups excluding carboxylic acids is 1. The number of hydrogen-bond donors (Lipinski definition) is 0. The number of amides is 1. The maximum Gasteiger partial charge on any atom is 0.246 e. The highest BCUT2D eigenvalue weighted by molar-refractivity contribution is 5.87. The van der Waals surface area contributed by atoms with Gasteiger partial charge in [0.15, 0.2) is 0 Å². The van der Waals surface area contributed by atoms with Crippen LogP contribution < -0.4 is 0 Å². The summed E-state index contributed by atoms with van der Waals surface area (Å²) in [5, 5.41) is 0. The smallest absolute Gasteiger partial charge is 0.246 e. The first kappa shape index (κ1) is 9.75. The molecule has 3 unspecified atom stereocenters. The highest BCUT2D eigenvalue weighted by Gasteiger charge is 2.46. The molecule has 3 atom stereocenters. The predicted octanol–water partition coefficient (Wildman–Crippen LogP) is 2.07. The fourth-order valence-corrected chi connectivity index (χ4v) is 3.20. The van der Waals surface area contributed by atoms with E-state index in [0.717, 1.165) is 24.3 Å². The summed E-state index contributed by atoms with van der Waals surface area (Å²) < 4.78 is 0. The summed E-state index contributed by atoms with van der Waals surface area (Å²) in [4.78, 5) is 13.5. The van der Waals surface area contributed by atoms with Crippen LogP contribution >= 0.6 is 0 Å². The monoisotopic (exact) mass is 193 g/mol. The molecule has 1 aliphatic carbocycles. The second-order valence-electron chi connectivity index (χ2n) is 4.99. The van der Waals surface area contributed by atoms with E-state index in [1.807, 2.05) is 4.90 Å². The van der Waals surface area contributed by atoms with Crippen LogP contribution in [0.5, 0.6) is 0 Å². The van der Waals surface area contributed by atoms with Crippen LogP contribution in [0, 0.1) is 17.8 Å². The Morgan fingerprint density at radius 2 is 2.21 bits per heavy atom. The number of piperidine rings is 1. The molecule has 1 saturated carbocycles. The topological polar surface area (TPSA) is 20.3 Å². The van der Waals surface area contributed by atoms with Gasteiger partial charge in [0.25, 0.3) is 0 Å². The van der Waals surface area contributed by atoms with E-state index in [0.29, 0.717) is 6.04 Å². The van der Waals surface area contributed by atoms with Crippen molar-refractivity contribution in [3.05, 3.63) is 12.7 Å². The van der Waals surface area contributed by atoms with Crippen LogP contribution in [0.2, 0.25) is 0 Å². The zero-order valence-electron chi connectivity index (χ0n) is 9.07. The average Bonchev–Trinajstić information content (AvgIpc) is 2.74. The SMILES string of the molecule is C=CC(=O)N1CC2CC1CC2C(C)C. The number of rotatable bonds is 2. The Morgan fingerprint density at radius 3 is 2.64 bits per heavy atom. The lowest BCUT2D eigenvalue weighted by atomic mass is 9.85. The van der Waals surface area contributed by atoms with Crippen LogP contribution in [0.15, 0.2) is 12.7 Å². The van der Waals surface area contributed by atoms with Gasteiger partial charge in [-0.2, -0.15) is 0 Å². The van der Waals surface area contributed by atoms with E-state index in [1.165, 1.54) is 18.9 Å². The molecule has 2 rings (SSSR count). The number of likely N-dealkylation sites (tertiary alicyclic amines) is 1. The molecule has 2 nitrogen and oxygen atoms in total. The van der Waals surface area contributed by atoms with Gasteiger partial charge in [0.05, 0.1) is 0 Å². The third kappa shape index (κ3) is 1.37. The minimum absolute atomic E-state index is 0.125. The van der Waals surface area contributed by atoms with Crippen molar-refractivity contribution >= 4 is 5.91 Å². The van der Waals surface area contributed by atoms with Gasteiger partial charge in [-0.1, -0.05) is 20.4 Å². The largest absolute Gasteiger partial charge is 0.336 e. The van der Waals surface area contributed by atoms with E-state index in [-0.39, 0.29) is 5.91 Å². The van der Waals surface area contributed by atoms with Gasteiger partial charge >= 0.3 is 0 Å². The molecule has 1 aliphatic heterocycles. The van der Waals surface area contributed by atoms with Crippen molar-refractivity contribution in [2.45, 2.75) is 32.7 Å². The Labute approximate surface area is 86.0 Å². The molecule has 0 aromatic heterocycles. The summed E-state index contributed by atoms with van der Waals surface area (Å²) in [5.74, 6) is 2.49. The van der Waals surface area contributed by atoms with Gasteiger partial charge in [-0.25, -0.2) is 0 Å². The summed E-state index contributed by atoms with van der Waals surface area (Å²) in [6.45, 7) is 9.12. The summed E-state index contributed by atoms with van der Waals surface area (Å²) >= 11 is 0. The molecule has 0 N–H and O–H groups in total. The Morgan fingerprint density at radius 1 is 1.50 bits per heavy atom. The Balaban J connectivity index is 2.03. The van der Waals surface area contributed by atoms with Crippen LogP contribution in [-0.2, 0) is 4.79 Å². The van der Waals surface area contributed by atoms with Gasteiger partial charge in [-0.15, -0.1) is 0 Å². The van der Waals surface area contributed by atoms with Crippen LogP contribution in [0.3, 0.4) is 0 Å². The molecule has 0 radical (unpaired) electrons. The number of hydrogen-bond acceptors (Lipinski definition) is 1. The molecule has 2 heteroatoms. The molecular formula is C12H19NO. The van der Waals surface area contributed by atoms with E-state index in [9.17, 15) is 4.79 Å². The second-order valence-corrected chi connectivity index (χ2v) is 4.99. The number of fused-ring (bicyclic) bond motifs is 2. The first-order valence-electron chi connectivity index (χ1n) is 5.56. The Bertz CT molecular complexity index is 259. The van der Waals surface area contributed by atoms with Crippen LogP contribution in [-0.4, -0.2) is 23.4 Å². The van der Waals surface area contributed by atoms with E-state index in [4.69, 9.17) is 0 Å². The minimum atomic E-state index is 0.125. The molecule has 0 aromatic rings. The van der Waals surface area contributed by atoms with Crippen molar-refractivity contribution in [3.63, 3.8) is 0 Å². The lowest BCUT2D eigenvalue weighted by molar-refractivity contribution is -0.128. The van der Waals surface area contributed by atoms with Gasteiger partial charge < -0.3 is 4.90 Å². The average molecular weight is 193 g/mol. The maximum atomic E-state index is 11.5. The van der Waals surface area contributed by atoms with Crippen LogP contribution in [0.4, 0.5) is 0 Å². The highest BCUT2D eigenvalue weighted by atomic mass is 16.2. The normalized spacial score (nSPS) is 35.4. The highest BCUT2D eigenvalue weighted by Crippen LogP contribution is 2.45. The summed E-state index contributed by atoms with van der Waals surface area (Å²) in [6, 6.07) is 0.512. The van der Waals surface area contributed by atoms with Gasteiger partial charge in [0, 0.05) is 12.6 Å². The summed E-state index contributed by atoms with van der Waals surface area (Å²) in [6.07, 6.45) is 3.88.